The molecule has 1 saturated carbocycles. The van der Waals surface area contributed by atoms with Crippen molar-refractivity contribution in [2.45, 2.75) is 32.2 Å². The number of hydrogen-bond donors (Lipinski definition) is 2. The van der Waals surface area contributed by atoms with Crippen LogP contribution >= 0.6 is 0 Å². The first-order valence-corrected chi connectivity index (χ1v) is 7.82. The van der Waals surface area contributed by atoms with E-state index >= 15 is 0 Å². The van der Waals surface area contributed by atoms with Gasteiger partial charge in [-0.3, -0.25) is 9.89 Å². The van der Waals surface area contributed by atoms with Gasteiger partial charge in [0.2, 0.25) is 5.91 Å². The van der Waals surface area contributed by atoms with E-state index < -0.39 is 0 Å². The van der Waals surface area contributed by atoms with E-state index in [1.807, 2.05) is 25.1 Å². The van der Waals surface area contributed by atoms with Crippen LogP contribution in [0.4, 0.5) is 0 Å². The van der Waals surface area contributed by atoms with Crippen LogP contribution in [0.2, 0.25) is 0 Å². The van der Waals surface area contributed by atoms with Gasteiger partial charge < -0.3 is 5.32 Å². The number of nitrogens with one attached hydrogen (secondary N) is 2. The first-order chi connectivity index (χ1) is 10.7. The number of carbonyl (C=O) groups is 1. The van der Waals surface area contributed by atoms with Crippen LogP contribution in [0.15, 0.2) is 42.0 Å². The molecule has 1 amide bonds. The molecule has 4 nitrogen and oxygen atoms in total. The molecule has 4 heteroatoms. The van der Waals surface area contributed by atoms with Gasteiger partial charge in [-0.25, -0.2) is 0 Å². The number of amides is 1. The molecule has 2 aliphatic rings. The summed E-state index contributed by atoms with van der Waals surface area (Å²) >= 11 is 0. The molecule has 4 rings (SSSR count). The van der Waals surface area contributed by atoms with Crippen molar-refractivity contribution in [2.24, 2.45) is 5.92 Å². The smallest absolute Gasteiger partial charge is 0.232 e. The molecule has 0 radical (unpaired) electrons. The van der Waals surface area contributed by atoms with Gasteiger partial charge in [0.05, 0.1) is 23.9 Å². The van der Waals surface area contributed by atoms with E-state index in [2.05, 4.69) is 33.7 Å². The number of H-pyrrole nitrogens is 1. The molecule has 0 aliphatic heterocycles. The summed E-state index contributed by atoms with van der Waals surface area (Å²) in [7, 11) is 0. The molecule has 2 aliphatic carbocycles. The third kappa shape index (κ3) is 2.45. The predicted molar refractivity (Wildman–Crippen MR) is 84.9 cm³/mol. The molecule has 1 aromatic carbocycles. The standard InChI is InChI=1S/C18H19N3O/c1-11-16(13-5-3-2-4-6-13)17(11)18(22)19-10-14-9-15(21-20-14)12-7-8-12/h2-6,9,12,17H,7-8,10H2,1H3,(H,19,22)(H,20,21)/t17-/m1/s1. The average Bonchev–Trinajstić information content (AvgIpc) is 3.45. The minimum atomic E-state index is -0.0618. The highest BCUT2D eigenvalue weighted by Gasteiger charge is 2.39. The number of rotatable bonds is 5. The second kappa shape index (κ2) is 5.13. The molecule has 2 N–H and O–H groups in total. The molecule has 0 saturated heterocycles. The molecule has 112 valence electrons. The maximum atomic E-state index is 12.3. The Bertz CT molecular complexity index is 741. The summed E-state index contributed by atoms with van der Waals surface area (Å²) in [6.45, 7) is 2.55. The fourth-order valence-corrected chi connectivity index (χ4v) is 3.01. The molecular formula is C18H19N3O. The van der Waals surface area contributed by atoms with Gasteiger partial charge in [-0.05, 0) is 37.0 Å². The van der Waals surface area contributed by atoms with Crippen LogP contribution in [0.1, 0.15) is 42.6 Å². The largest absolute Gasteiger partial charge is 0.350 e. The van der Waals surface area contributed by atoms with Crippen molar-refractivity contribution in [3.63, 3.8) is 0 Å². The van der Waals surface area contributed by atoms with Gasteiger partial charge in [0.1, 0.15) is 0 Å². The average molecular weight is 293 g/mol. The lowest BCUT2D eigenvalue weighted by atomic mass is 10.1. The van der Waals surface area contributed by atoms with E-state index in [1.54, 1.807) is 0 Å². The van der Waals surface area contributed by atoms with E-state index in [0.29, 0.717) is 12.5 Å². The maximum Gasteiger partial charge on any atom is 0.232 e. The van der Waals surface area contributed by atoms with Gasteiger partial charge in [-0.1, -0.05) is 35.9 Å². The summed E-state index contributed by atoms with van der Waals surface area (Å²) in [4.78, 5) is 12.3. The SMILES string of the molecule is CC1=C(c2ccccc2)[C@@H]1C(=O)NCc1cc(C2CC2)n[nH]1. The second-order valence-electron chi connectivity index (χ2n) is 6.21. The van der Waals surface area contributed by atoms with Gasteiger partial charge in [-0.15, -0.1) is 0 Å². The highest BCUT2D eigenvalue weighted by atomic mass is 16.2. The lowest BCUT2D eigenvalue weighted by Crippen LogP contribution is -2.26. The molecule has 0 spiro atoms. The number of hydrogen-bond acceptors (Lipinski definition) is 2. The quantitative estimate of drug-likeness (QED) is 0.890. The second-order valence-corrected chi connectivity index (χ2v) is 6.21. The molecule has 2 aromatic rings. The predicted octanol–water partition coefficient (Wildman–Crippen LogP) is 3.01. The highest BCUT2D eigenvalue weighted by molar-refractivity contribution is 6.05. The van der Waals surface area contributed by atoms with Gasteiger partial charge in [0.15, 0.2) is 0 Å². The van der Waals surface area contributed by atoms with Gasteiger partial charge in [0.25, 0.3) is 0 Å². The Morgan fingerprint density at radius 2 is 2.09 bits per heavy atom. The van der Waals surface area contributed by atoms with Crippen molar-refractivity contribution in [2.75, 3.05) is 0 Å². The Labute approximate surface area is 129 Å². The lowest BCUT2D eigenvalue weighted by molar-refractivity contribution is -0.121. The molecule has 1 heterocycles. The monoisotopic (exact) mass is 293 g/mol. The molecule has 1 aromatic heterocycles. The number of aromatic nitrogens is 2. The van der Waals surface area contributed by atoms with Crippen molar-refractivity contribution >= 4 is 11.5 Å². The number of carbonyl (C=O) groups excluding carboxylic acids is 1. The van der Waals surface area contributed by atoms with Crippen LogP contribution in [-0.4, -0.2) is 16.1 Å². The van der Waals surface area contributed by atoms with Crippen LogP contribution in [-0.2, 0) is 11.3 Å². The van der Waals surface area contributed by atoms with Crippen molar-refractivity contribution in [3.05, 3.63) is 58.9 Å². The van der Waals surface area contributed by atoms with Crippen molar-refractivity contribution in [1.29, 1.82) is 0 Å². The number of aromatic amines is 1. The molecule has 22 heavy (non-hydrogen) atoms. The third-order valence-electron chi connectivity index (χ3n) is 4.51. The maximum absolute atomic E-state index is 12.3. The van der Waals surface area contributed by atoms with Crippen LogP contribution in [0.25, 0.3) is 5.57 Å². The molecule has 1 fully saturated rings. The Hall–Kier alpha value is -2.36. The fourth-order valence-electron chi connectivity index (χ4n) is 3.01. The van der Waals surface area contributed by atoms with E-state index in [0.717, 1.165) is 17.0 Å². The van der Waals surface area contributed by atoms with E-state index in [9.17, 15) is 4.79 Å². The Morgan fingerprint density at radius 1 is 1.32 bits per heavy atom. The zero-order chi connectivity index (χ0) is 15.1. The zero-order valence-electron chi connectivity index (χ0n) is 12.6. The first-order valence-electron chi connectivity index (χ1n) is 7.82. The highest BCUT2D eigenvalue weighted by Crippen LogP contribution is 2.46. The van der Waals surface area contributed by atoms with Crippen LogP contribution in [0.3, 0.4) is 0 Å². The molecule has 0 bridgehead atoms. The summed E-state index contributed by atoms with van der Waals surface area (Å²) < 4.78 is 0. The van der Waals surface area contributed by atoms with E-state index in [1.165, 1.54) is 24.0 Å². The minimum absolute atomic E-state index is 0.0618. The summed E-state index contributed by atoms with van der Waals surface area (Å²) in [5.74, 6) is 0.657. The van der Waals surface area contributed by atoms with Gasteiger partial charge in [-0.2, -0.15) is 5.10 Å². The summed E-state index contributed by atoms with van der Waals surface area (Å²) in [6.07, 6.45) is 2.48. The van der Waals surface area contributed by atoms with Gasteiger partial charge >= 0.3 is 0 Å². The topological polar surface area (TPSA) is 57.8 Å². The molecule has 1 atom stereocenters. The fraction of sp³-hybridized carbons (Fsp3) is 0.333. The Kier molecular flexibility index (Phi) is 3.10. The first kappa shape index (κ1) is 13.3. The Morgan fingerprint density at radius 3 is 2.82 bits per heavy atom. The summed E-state index contributed by atoms with van der Waals surface area (Å²) in [6, 6.07) is 12.2. The third-order valence-corrected chi connectivity index (χ3v) is 4.51. The molecular weight excluding hydrogens is 274 g/mol. The molecule has 0 unspecified atom stereocenters. The zero-order valence-corrected chi connectivity index (χ0v) is 12.6. The van der Waals surface area contributed by atoms with Crippen LogP contribution in [0.5, 0.6) is 0 Å². The number of nitrogens with zero attached hydrogens (tertiary/aromatic N) is 1. The summed E-state index contributed by atoms with van der Waals surface area (Å²) in [5, 5.41) is 10.3. The number of benzene rings is 1. The van der Waals surface area contributed by atoms with Crippen molar-refractivity contribution < 1.29 is 4.79 Å². The van der Waals surface area contributed by atoms with Crippen molar-refractivity contribution in [3.8, 4) is 0 Å². The van der Waals surface area contributed by atoms with Gasteiger partial charge in [0, 0.05) is 5.92 Å². The van der Waals surface area contributed by atoms with E-state index in [4.69, 9.17) is 0 Å². The summed E-state index contributed by atoms with van der Waals surface area (Å²) in [5.41, 5.74) is 5.61. The normalized spacial score (nSPS) is 20.1. The lowest BCUT2D eigenvalue weighted by Gasteiger charge is -2.04. The van der Waals surface area contributed by atoms with Crippen molar-refractivity contribution in [1.82, 2.24) is 15.5 Å². The van der Waals surface area contributed by atoms with Crippen LogP contribution < -0.4 is 5.32 Å². The van der Waals surface area contributed by atoms with Crippen LogP contribution in [0, 0.1) is 5.92 Å². The minimum Gasteiger partial charge on any atom is -0.350 e. The van der Waals surface area contributed by atoms with E-state index in [-0.39, 0.29) is 11.8 Å². The Balaban J connectivity index is 1.35.